The monoisotopic (exact) mass is 285 g/mol. The van der Waals surface area contributed by atoms with Crippen molar-refractivity contribution in [2.45, 2.75) is 38.7 Å². The highest BCUT2D eigenvalue weighted by Gasteiger charge is 2.32. The van der Waals surface area contributed by atoms with Crippen LogP contribution in [0, 0.1) is 11.8 Å². The number of pyridine rings is 1. The number of imidazole rings is 1. The van der Waals surface area contributed by atoms with Gasteiger partial charge in [0.05, 0.1) is 12.3 Å². The molecule has 0 bridgehead atoms. The highest BCUT2D eigenvalue weighted by Crippen LogP contribution is 2.38. The van der Waals surface area contributed by atoms with Crippen LogP contribution in [0.4, 0.5) is 5.82 Å². The molecular formula is C17H23N3O. The van der Waals surface area contributed by atoms with Crippen molar-refractivity contribution in [3.05, 3.63) is 30.1 Å². The molecule has 1 aliphatic carbocycles. The van der Waals surface area contributed by atoms with Crippen LogP contribution in [0.3, 0.4) is 0 Å². The largest absolute Gasteiger partial charge is 0.390 e. The minimum absolute atomic E-state index is 0.0467. The lowest BCUT2D eigenvalue weighted by molar-refractivity contribution is 0.201. The Kier molecular flexibility index (Phi) is 3.34. The van der Waals surface area contributed by atoms with Crippen LogP contribution < -0.4 is 4.90 Å². The molecule has 0 amide bonds. The molecular weight excluding hydrogens is 262 g/mol. The zero-order valence-electron chi connectivity index (χ0n) is 12.4. The van der Waals surface area contributed by atoms with E-state index in [2.05, 4.69) is 4.90 Å². The molecule has 2 aliphatic rings. The summed E-state index contributed by atoms with van der Waals surface area (Å²) in [6, 6.07) is 6.00. The Bertz CT molecular complexity index is 636. The van der Waals surface area contributed by atoms with E-state index in [1.54, 1.807) is 0 Å². The first-order chi connectivity index (χ1) is 10.4. The normalized spacial score (nSPS) is 26.0. The molecule has 2 aromatic heterocycles. The van der Waals surface area contributed by atoms with Crippen molar-refractivity contribution < 1.29 is 5.11 Å². The molecule has 3 heterocycles. The Hall–Kier alpha value is -1.55. The minimum atomic E-state index is 0.0467. The third kappa shape index (κ3) is 2.22. The quantitative estimate of drug-likeness (QED) is 0.922. The van der Waals surface area contributed by atoms with Crippen molar-refractivity contribution in [2.24, 2.45) is 11.8 Å². The fourth-order valence-corrected chi connectivity index (χ4v) is 4.23. The van der Waals surface area contributed by atoms with Gasteiger partial charge in [0, 0.05) is 19.3 Å². The van der Waals surface area contributed by atoms with Gasteiger partial charge in [0.2, 0.25) is 0 Å². The highest BCUT2D eigenvalue weighted by molar-refractivity contribution is 5.56. The Labute approximate surface area is 125 Å². The van der Waals surface area contributed by atoms with Crippen molar-refractivity contribution in [1.82, 2.24) is 9.38 Å². The van der Waals surface area contributed by atoms with Crippen LogP contribution in [-0.2, 0) is 6.61 Å². The lowest BCUT2D eigenvalue weighted by atomic mass is 9.75. The number of hydrogen-bond donors (Lipinski definition) is 1. The molecule has 0 radical (unpaired) electrons. The molecule has 1 N–H and O–H groups in total. The summed E-state index contributed by atoms with van der Waals surface area (Å²) in [7, 11) is 0. The maximum Gasteiger partial charge on any atom is 0.153 e. The van der Waals surface area contributed by atoms with Gasteiger partial charge in [0.15, 0.2) is 5.82 Å². The molecule has 1 saturated carbocycles. The summed E-state index contributed by atoms with van der Waals surface area (Å²) < 4.78 is 2.02. The van der Waals surface area contributed by atoms with E-state index in [-0.39, 0.29) is 6.61 Å². The van der Waals surface area contributed by atoms with Crippen LogP contribution in [0.15, 0.2) is 24.4 Å². The van der Waals surface area contributed by atoms with Crippen molar-refractivity contribution in [3.63, 3.8) is 0 Å². The molecule has 4 nitrogen and oxygen atoms in total. The molecule has 0 aromatic carbocycles. The summed E-state index contributed by atoms with van der Waals surface area (Å²) >= 11 is 0. The van der Waals surface area contributed by atoms with Crippen molar-refractivity contribution in [2.75, 3.05) is 18.0 Å². The average molecular weight is 285 g/mol. The van der Waals surface area contributed by atoms with E-state index in [1.807, 2.05) is 28.8 Å². The number of rotatable bonds is 2. The molecule has 4 heteroatoms. The number of aliphatic hydroxyl groups is 1. The van der Waals surface area contributed by atoms with Gasteiger partial charge in [0.1, 0.15) is 5.65 Å². The lowest BCUT2D eigenvalue weighted by Crippen LogP contribution is -2.42. The van der Waals surface area contributed by atoms with Gasteiger partial charge in [-0.2, -0.15) is 0 Å². The second kappa shape index (κ2) is 5.34. The lowest BCUT2D eigenvalue weighted by Gasteiger charge is -2.41. The molecule has 2 atom stereocenters. The number of nitrogens with zero attached hydrogens (tertiary/aromatic N) is 3. The first-order valence-electron chi connectivity index (χ1n) is 8.18. The maximum absolute atomic E-state index is 9.78. The summed E-state index contributed by atoms with van der Waals surface area (Å²) in [4.78, 5) is 7.18. The number of anilines is 1. The number of piperidine rings is 1. The standard InChI is InChI=1S/C17H23N3O/c21-12-15-17(18-16-7-3-4-9-20(15)16)19-10-8-13-5-1-2-6-14(13)11-19/h3-4,7,9,13-14,21H,1-2,5-6,8,10-12H2. The summed E-state index contributed by atoms with van der Waals surface area (Å²) in [6.07, 6.45) is 8.85. The third-order valence-corrected chi connectivity index (χ3v) is 5.35. The van der Waals surface area contributed by atoms with Gasteiger partial charge >= 0.3 is 0 Å². The smallest absolute Gasteiger partial charge is 0.153 e. The zero-order valence-corrected chi connectivity index (χ0v) is 12.4. The van der Waals surface area contributed by atoms with Crippen LogP contribution in [-0.4, -0.2) is 27.6 Å². The van der Waals surface area contributed by atoms with Crippen LogP contribution in [0.1, 0.15) is 37.8 Å². The van der Waals surface area contributed by atoms with Crippen molar-refractivity contribution >= 4 is 11.5 Å². The molecule has 0 spiro atoms. The second-order valence-corrected chi connectivity index (χ2v) is 6.51. The molecule has 4 rings (SSSR count). The molecule has 2 unspecified atom stereocenters. The minimum Gasteiger partial charge on any atom is -0.390 e. The Morgan fingerprint density at radius 3 is 2.86 bits per heavy atom. The van der Waals surface area contributed by atoms with Crippen LogP contribution in [0.2, 0.25) is 0 Å². The summed E-state index contributed by atoms with van der Waals surface area (Å²) in [5.41, 5.74) is 1.86. The summed E-state index contributed by atoms with van der Waals surface area (Å²) in [5, 5.41) is 9.78. The van der Waals surface area contributed by atoms with E-state index in [0.717, 1.165) is 42.1 Å². The van der Waals surface area contributed by atoms with Gasteiger partial charge in [-0.1, -0.05) is 25.3 Å². The second-order valence-electron chi connectivity index (χ2n) is 6.51. The topological polar surface area (TPSA) is 40.8 Å². The summed E-state index contributed by atoms with van der Waals surface area (Å²) in [5.74, 6) is 2.74. The first kappa shape index (κ1) is 13.1. The van der Waals surface area contributed by atoms with Gasteiger partial charge in [-0.15, -0.1) is 0 Å². The number of fused-ring (bicyclic) bond motifs is 2. The van der Waals surface area contributed by atoms with Gasteiger partial charge in [-0.05, 0) is 36.8 Å². The van der Waals surface area contributed by atoms with Crippen LogP contribution >= 0.6 is 0 Å². The molecule has 2 fully saturated rings. The predicted molar refractivity (Wildman–Crippen MR) is 83.4 cm³/mol. The average Bonchev–Trinajstić information content (AvgIpc) is 2.93. The third-order valence-electron chi connectivity index (χ3n) is 5.35. The van der Waals surface area contributed by atoms with Gasteiger partial charge < -0.3 is 10.0 Å². The fraction of sp³-hybridized carbons (Fsp3) is 0.588. The highest BCUT2D eigenvalue weighted by atomic mass is 16.3. The van der Waals surface area contributed by atoms with E-state index in [1.165, 1.54) is 32.1 Å². The van der Waals surface area contributed by atoms with Crippen LogP contribution in [0.5, 0.6) is 0 Å². The number of aliphatic hydroxyl groups excluding tert-OH is 1. The van der Waals surface area contributed by atoms with Crippen LogP contribution in [0.25, 0.3) is 5.65 Å². The number of hydrogen-bond acceptors (Lipinski definition) is 3. The Balaban J connectivity index is 1.66. The van der Waals surface area contributed by atoms with Gasteiger partial charge in [-0.3, -0.25) is 4.40 Å². The summed E-state index contributed by atoms with van der Waals surface area (Å²) in [6.45, 7) is 2.24. The van der Waals surface area contributed by atoms with E-state index in [4.69, 9.17) is 4.98 Å². The molecule has 1 aliphatic heterocycles. The van der Waals surface area contributed by atoms with Crippen molar-refractivity contribution in [3.8, 4) is 0 Å². The fourth-order valence-electron chi connectivity index (χ4n) is 4.23. The first-order valence-corrected chi connectivity index (χ1v) is 8.18. The van der Waals surface area contributed by atoms with E-state index in [9.17, 15) is 5.11 Å². The molecule has 112 valence electrons. The Morgan fingerprint density at radius 1 is 1.14 bits per heavy atom. The maximum atomic E-state index is 9.78. The predicted octanol–water partition coefficient (Wildman–Crippen LogP) is 2.84. The van der Waals surface area contributed by atoms with Gasteiger partial charge in [-0.25, -0.2) is 4.98 Å². The van der Waals surface area contributed by atoms with Crippen molar-refractivity contribution in [1.29, 1.82) is 0 Å². The Morgan fingerprint density at radius 2 is 2.00 bits per heavy atom. The van der Waals surface area contributed by atoms with E-state index >= 15 is 0 Å². The molecule has 2 aromatic rings. The molecule has 1 saturated heterocycles. The van der Waals surface area contributed by atoms with E-state index < -0.39 is 0 Å². The molecule has 21 heavy (non-hydrogen) atoms. The zero-order chi connectivity index (χ0) is 14.2. The number of aromatic nitrogens is 2. The van der Waals surface area contributed by atoms with Gasteiger partial charge in [0.25, 0.3) is 0 Å². The SMILES string of the molecule is OCc1c(N2CCC3CCCCC3C2)nc2ccccn12. The van der Waals surface area contributed by atoms with E-state index in [0.29, 0.717) is 0 Å².